The standard InChI is InChI=1S/C29H30O/c1-20-10-6-7-11-22(20)19-18-21(2)24-14-8-16-26-27-17-9-15-25(29(27)30-28(24)26)23-12-4-3-5-13-23/h6-12,14-17,21H,3-5,13,18-19H2,1-2H3/t21-/m1/s1. The highest BCUT2D eigenvalue weighted by Crippen LogP contribution is 2.39. The molecule has 0 fully saturated rings. The maximum absolute atomic E-state index is 6.62. The molecule has 1 nitrogen and oxygen atoms in total. The molecule has 1 heteroatoms. The van der Waals surface area contributed by atoms with E-state index < -0.39 is 0 Å². The maximum Gasteiger partial charge on any atom is 0.142 e. The van der Waals surface area contributed by atoms with Gasteiger partial charge in [0.2, 0.25) is 0 Å². The van der Waals surface area contributed by atoms with E-state index in [9.17, 15) is 0 Å². The summed E-state index contributed by atoms with van der Waals surface area (Å²) < 4.78 is 6.62. The van der Waals surface area contributed by atoms with E-state index >= 15 is 0 Å². The third-order valence-corrected chi connectivity index (χ3v) is 6.83. The summed E-state index contributed by atoms with van der Waals surface area (Å²) in [4.78, 5) is 0. The summed E-state index contributed by atoms with van der Waals surface area (Å²) in [5.74, 6) is 0.450. The van der Waals surface area contributed by atoms with Crippen molar-refractivity contribution in [2.45, 2.75) is 58.3 Å². The Morgan fingerprint density at radius 1 is 0.867 bits per heavy atom. The molecular formula is C29H30O. The summed E-state index contributed by atoms with van der Waals surface area (Å²) in [6.07, 6.45) is 9.58. The number of para-hydroxylation sites is 2. The van der Waals surface area contributed by atoms with E-state index in [1.54, 1.807) is 0 Å². The quantitative estimate of drug-likeness (QED) is 0.330. The molecule has 0 amide bonds. The Morgan fingerprint density at radius 3 is 2.47 bits per heavy atom. The SMILES string of the molecule is Cc1ccccc1CC[C@@H](C)c1cccc2c1oc1c(C3=CCCCC3)cccc12. The molecular weight excluding hydrogens is 364 g/mol. The van der Waals surface area contributed by atoms with Crippen LogP contribution in [0.15, 0.2) is 71.2 Å². The van der Waals surface area contributed by atoms with Crippen molar-refractivity contribution in [2.75, 3.05) is 0 Å². The van der Waals surface area contributed by atoms with Crippen molar-refractivity contribution in [3.05, 3.63) is 89.0 Å². The predicted molar refractivity (Wildman–Crippen MR) is 128 cm³/mol. The van der Waals surface area contributed by atoms with Gasteiger partial charge in [-0.1, -0.05) is 73.7 Å². The first-order valence-corrected chi connectivity index (χ1v) is 11.4. The number of rotatable bonds is 5. The molecule has 1 heterocycles. The maximum atomic E-state index is 6.62. The molecule has 0 unspecified atom stereocenters. The summed E-state index contributed by atoms with van der Waals surface area (Å²) in [5.41, 5.74) is 9.07. The van der Waals surface area contributed by atoms with E-state index in [1.165, 1.54) is 57.9 Å². The smallest absolute Gasteiger partial charge is 0.142 e. The summed E-state index contributed by atoms with van der Waals surface area (Å²) >= 11 is 0. The van der Waals surface area contributed by atoms with E-state index in [0.717, 1.165) is 30.4 Å². The molecule has 152 valence electrons. The third kappa shape index (κ3) is 3.47. The molecule has 30 heavy (non-hydrogen) atoms. The second kappa shape index (κ2) is 8.14. The molecule has 1 atom stereocenters. The Bertz CT molecular complexity index is 1220. The second-order valence-electron chi connectivity index (χ2n) is 8.85. The van der Waals surface area contributed by atoms with Crippen LogP contribution in [0, 0.1) is 6.92 Å². The minimum absolute atomic E-state index is 0.450. The van der Waals surface area contributed by atoms with Gasteiger partial charge in [0.1, 0.15) is 11.2 Å². The Balaban J connectivity index is 1.53. The van der Waals surface area contributed by atoms with Crippen molar-refractivity contribution in [3.8, 4) is 0 Å². The minimum Gasteiger partial charge on any atom is -0.455 e. The van der Waals surface area contributed by atoms with Crippen molar-refractivity contribution in [3.63, 3.8) is 0 Å². The first kappa shape index (κ1) is 19.2. The lowest BCUT2D eigenvalue weighted by molar-refractivity contribution is 0.631. The Hall–Kier alpha value is -2.80. The van der Waals surface area contributed by atoms with Gasteiger partial charge in [-0.2, -0.15) is 0 Å². The van der Waals surface area contributed by atoms with Gasteiger partial charge in [-0.3, -0.25) is 0 Å². The predicted octanol–water partition coefficient (Wildman–Crippen LogP) is 8.59. The number of aryl methyl sites for hydroxylation is 2. The highest BCUT2D eigenvalue weighted by Gasteiger charge is 2.18. The molecule has 0 bridgehead atoms. The zero-order valence-electron chi connectivity index (χ0n) is 18.1. The van der Waals surface area contributed by atoms with Crippen LogP contribution in [0.4, 0.5) is 0 Å². The van der Waals surface area contributed by atoms with Crippen LogP contribution < -0.4 is 0 Å². The summed E-state index contributed by atoms with van der Waals surface area (Å²) in [6.45, 7) is 4.55. The fourth-order valence-electron chi connectivity index (χ4n) is 4.98. The number of furan rings is 1. The zero-order valence-corrected chi connectivity index (χ0v) is 18.1. The third-order valence-electron chi connectivity index (χ3n) is 6.83. The zero-order chi connectivity index (χ0) is 20.5. The summed E-state index contributed by atoms with van der Waals surface area (Å²) in [5, 5.41) is 2.51. The lowest BCUT2D eigenvalue weighted by Crippen LogP contribution is -1.98. The molecule has 0 spiro atoms. The van der Waals surface area contributed by atoms with E-state index in [-0.39, 0.29) is 0 Å². The van der Waals surface area contributed by atoms with Crippen molar-refractivity contribution in [1.82, 2.24) is 0 Å². The molecule has 3 aromatic carbocycles. The van der Waals surface area contributed by atoms with Crippen LogP contribution in [-0.2, 0) is 6.42 Å². The van der Waals surface area contributed by atoms with Crippen molar-refractivity contribution in [1.29, 1.82) is 0 Å². The Morgan fingerprint density at radius 2 is 1.67 bits per heavy atom. The molecule has 5 rings (SSSR count). The number of hydrogen-bond acceptors (Lipinski definition) is 1. The van der Waals surface area contributed by atoms with Crippen LogP contribution in [0.25, 0.3) is 27.5 Å². The van der Waals surface area contributed by atoms with E-state index in [1.807, 2.05) is 0 Å². The number of benzene rings is 3. The van der Waals surface area contributed by atoms with Crippen LogP contribution >= 0.6 is 0 Å². The fraction of sp³-hybridized carbons (Fsp3) is 0.310. The van der Waals surface area contributed by atoms with Crippen molar-refractivity contribution < 1.29 is 4.42 Å². The summed E-state index contributed by atoms with van der Waals surface area (Å²) in [7, 11) is 0. The largest absolute Gasteiger partial charge is 0.455 e. The van der Waals surface area contributed by atoms with Gasteiger partial charge in [0.25, 0.3) is 0 Å². The van der Waals surface area contributed by atoms with Gasteiger partial charge in [-0.05, 0) is 73.6 Å². The molecule has 1 aromatic heterocycles. The molecule has 0 N–H and O–H groups in total. The van der Waals surface area contributed by atoms with Crippen LogP contribution in [-0.4, -0.2) is 0 Å². The monoisotopic (exact) mass is 394 g/mol. The second-order valence-corrected chi connectivity index (χ2v) is 8.85. The molecule has 0 saturated carbocycles. The van der Waals surface area contributed by atoms with Gasteiger partial charge in [-0.15, -0.1) is 0 Å². The average molecular weight is 395 g/mol. The van der Waals surface area contributed by atoms with Gasteiger partial charge in [-0.25, -0.2) is 0 Å². The number of fused-ring (bicyclic) bond motifs is 3. The van der Waals surface area contributed by atoms with Gasteiger partial charge in [0, 0.05) is 16.3 Å². The van der Waals surface area contributed by atoms with E-state index in [4.69, 9.17) is 4.42 Å². The van der Waals surface area contributed by atoms with Crippen LogP contribution in [0.1, 0.15) is 67.2 Å². The lowest BCUT2D eigenvalue weighted by Gasteiger charge is -2.13. The molecule has 0 aliphatic heterocycles. The van der Waals surface area contributed by atoms with Crippen molar-refractivity contribution in [2.24, 2.45) is 0 Å². The van der Waals surface area contributed by atoms with E-state index in [0.29, 0.717) is 5.92 Å². The van der Waals surface area contributed by atoms with Gasteiger partial charge in [0.05, 0.1) is 0 Å². The fourth-order valence-corrected chi connectivity index (χ4v) is 4.98. The van der Waals surface area contributed by atoms with E-state index in [2.05, 4.69) is 80.6 Å². The Labute approximate surface area is 179 Å². The number of hydrogen-bond donors (Lipinski definition) is 0. The average Bonchev–Trinajstić information content (AvgIpc) is 3.18. The molecule has 0 radical (unpaired) electrons. The van der Waals surface area contributed by atoms with Gasteiger partial charge in [0.15, 0.2) is 0 Å². The molecule has 1 aliphatic rings. The van der Waals surface area contributed by atoms with Crippen LogP contribution in [0.2, 0.25) is 0 Å². The highest BCUT2D eigenvalue weighted by molar-refractivity contribution is 6.09. The first-order chi connectivity index (χ1) is 14.7. The first-order valence-electron chi connectivity index (χ1n) is 11.4. The van der Waals surface area contributed by atoms with Crippen LogP contribution in [0.5, 0.6) is 0 Å². The highest BCUT2D eigenvalue weighted by atomic mass is 16.3. The topological polar surface area (TPSA) is 13.1 Å². The summed E-state index contributed by atoms with van der Waals surface area (Å²) in [6, 6.07) is 22.1. The van der Waals surface area contributed by atoms with Gasteiger partial charge < -0.3 is 4.42 Å². The molecule has 4 aromatic rings. The Kier molecular flexibility index (Phi) is 5.21. The number of allylic oxidation sites excluding steroid dienone is 2. The molecule has 1 aliphatic carbocycles. The lowest BCUT2D eigenvalue weighted by atomic mass is 9.91. The van der Waals surface area contributed by atoms with Crippen LogP contribution in [0.3, 0.4) is 0 Å². The normalized spacial score (nSPS) is 15.5. The van der Waals surface area contributed by atoms with Gasteiger partial charge >= 0.3 is 0 Å². The van der Waals surface area contributed by atoms with Crippen molar-refractivity contribution >= 4 is 27.5 Å². The molecule has 0 saturated heterocycles. The minimum atomic E-state index is 0.450.